The number of nitrogens with one attached hydrogen (secondary N) is 1. The Bertz CT molecular complexity index is 1230. The largest absolute Gasteiger partial charge is 0.497 e. The van der Waals surface area contributed by atoms with Gasteiger partial charge in [0.15, 0.2) is 5.78 Å². The van der Waals surface area contributed by atoms with Gasteiger partial charge >= 0.3 is 0 Å². The van der Waals surface area contributed by atoms with E-state index in [4.69, 9.17) is 4.74 Å². The zero-order valence-corrected chi connectivity index (χ0v) is 20.1. The third kappa shape index (κ3) is 5.02. The van der Waals surface area contributed by atoms with Crippen LogP contribution in [0.3, 0.4) is 0 Å². The molecule has 5 nitrogen and oxygen atoms in total. The van der Waals surface area contributed by atoms with E-state index in [1.165, 1.54) is 0 Å². The second-order valence-electron chi connectivity index (χ2n) is 8.93. The molecule has 0 unspecified atom stereocenters. The average Bonchev–Trinajstić information content (AvgIpc) is 2.71. The van der Waals surface area contributed by atoms with E-state index < -0.39 is 10.0 Å². The lowest BCUT2D eigenvalue weighted by Gasteiger charge is -2.19. The van der Waals surface area contributed by atoms with Crippen molar-refractivity contribution in [3.05, 3.63) is 88.5 Å². The summed E-state index contributed by atoms with van der Waals surface area (Å²) in [5.41, 5.74) is 3.60. The van der Waals surface area contributed by atoms with Crippen molar-refractivity contribution >= 4 is 21.5 Å². The highest BCUT2D eigenvalue weighted by atomic mass is 32.2. The van der Waals surface area contributed by atoms with Crippen LogP contribution in [0.15, 0.2) is 65.6 Å². The van der Waals surface area contributed by atoms with Crippen LogP contribution in [0.5, 0.6) is 5.75 Å². The molecule has 3 aromatic carbocycles. The molecule has 6 heteroatoms. The van der Waals surface area contributed by atoms with Gasteiger partial charge in [0.25, 0.3) is 10.0 Å². The molecule has 0 saturated heterocycles. The van der Waals surface area contributed by atoms with E-state index in [1.807, 2.05) is 24.3 Å². The van der Waals surface area contributed by atoms with E-state index in [2.05, 4.69) is 25.5 Å². The van der Waals surface area contributed by atoms with E-state index >= 15 is 0 Å². The highest BCUT2D eigenvalue weighted by molar-refractivity contribution is 7.92. The number of aryl methyl sites for hydroxylation is 2. The van der Waals surface area contributed by atoms with Crippen LogP contribution in [0.2, 0.25) is 0 Å². The number of hydrogen-bond donors (Lipinski definition) is 1. The number of ketones is 1. The summed E-state index contributed by atoms with van der Waals surface area (Å²) in [7, 11) is -2.30. The summed E-state index contributed by atoms with van der Waals surface area (Å²) < 4.78 is 34.0. The average molecular weight is 452 g/mol. The zero-order valence-electron chi connectivity index (χ0n) is 19.3. The van der Waals surface area contributed by atoms with Crippen LogP contribution in [0, 0.1) is 13.8 Å². The number of sulfonamides is 1. The topological polar surface area (TPSA) is 72.5 Å². The number of methoxy groups -OCH3 is 1. The molecule has 3 aromatic rings. The maximum Gasteiger partial charge on any atom is 0.262 e. The first kappa shape index (κ1) is 23.5. The maximum absolute atomic E-state index is 13.1. The summed E-state index contributed by atoms with van der Waals surface area (Å²) >= 11 is 0. The van der Waals surface area contributed by atoms with Gasteiger partial charge in [-0.25, -0.2) is 8.42 Å². The summed E-state index contributed by atoms with van der Waals surface area (Å²) in [5, 5.41) is 0. The predicted molar refractivity (Wildman–Crippen MR) is 128 cm³/mol. The molecule has 0 aliphatic carbocycles. The van der Waals surface area contributed by atoms with Gasteiger partial charge in [-0.1, -0.05) is 57.2 Å². The van der Waals surface area contributed by atoms with Gasteiger partial charge in [0.05, 0.1) is 12.0 Å². The maximum atomic E-state index is 13.1. The smallest absolute Gasteiger partial charge is 0.262 e. The molecule has 0 radical (unpaired) electrons. The monoisotopic (exact) mass is 451 g/mol. The zero-order chi connectivity index (χ0) is 23.7. The lowest BCUT2D eigenvalue weighted by molar-refractivity contribution is 0.103. The molecule has 0 saturated carbocycles. The Morgan fingerprint density at radius 2 is 1.47 bits per heavy atom. The van der Waals surface area contributed by atoms with Crippen LogP contribution < -0.4 is 9.46 Å². The standard InChI is InChI=1S/C26H29NO4S/c1-17-14-23(31-6)15-18(2)25(17)32(29,30)27-22-9-7-8-20(16-22)24(28)19-10-12-21(13-11-19)26(3,4)5/h7-16,27H,1-6H3. The predicted octanol–water partition coefficient (Wildman–Crippen LogP) is 5.64. The van der Waals surface area contributed by atoms with Crippen LogP contribution in [-0.2, 0) is 15.4 Å². The minimum atomic E-state index is -3.85. The van der Waals surface area contributed by atoms with Crippen LogP contribution in [0.25, 0.3) is 0 Å². The number of carbonyl (C=O) groups excluding carboxylic acids is 1. The highest BCUT2D eigenvalue weighted by Crippen LogP contribution is 2.28. The van der Waals surface area contributed by atoms with Crippen molar-refractivity contribution < 1.29 is 17.9 Å². The normalized spacial score (nSPS) is 11.8. The van der Waals surface area contributed by atoms with Gasteiger partial charge in [-0.3, -0.25) is 9.52 Å². The van der Waals surface area contributed by atoms with Gasteiger partial charge in [0.2, 0.25) is 0 Å². The van der Waals surface area contributed by atoms with E-state index in [1.54, 1.807) is 57.4 Å². The number of benzene rings is 3. The molecule has 0 bridgehead atoms. The van der Waals surface area contributed by atoms with Crippen molar-refractivity contribution in [3.63, 3.8) is 0 Å². The number of rotatable bonds is 6. The number of ether oxygens (including phenoxy) is 1. The molecule has 0 aliphatic rings. The molecule has 0 aromatic heterocycles. The second kappa shape index (κ2) is 8.79. The first-order valence-electron chi connectivity index (χ1n) is 10.4. The molecule has 0 spiro atoms. The van der Waals surface area contributed by atoms with Crippen molar-refractivity contribution in [2.24, 2.45) is 0 Å². The Kier molecular flexibility index (Phi) is 6.46. The first-order valence-corrected chi connectivity index (χ1v) is 11.8. The Morgan fingerprint density at radius 1 is 0.875 bits per heavy atom. The molecule has 32 heavy (non-hydrogen) atoms. The van der Waals surface area contributed by atoms with Gasteiger partial charge in [-0.15, -0.1) is 0 Å². The van der Waals surface area contributed by atoms with E-state index in [9.17, 15) is 13.2 Å². The molecule has 0 aliphatic heterocycles. The molecule has 1 N–H and O–H groups in total. The van der Waals surface area contributed by atoms with E-state index in [0.29, 0.717) is 33.7 Å². The molecule has 0 amide bonds. The number of hydrogen-bond acceptors (Lipinski definition) is 4. The van der Waals surface area contributed by atoms with Crippen molar-refractivity contribution in [2.75, 3.05) is 11.8 Å². The Balaban J connectivity index is 1.89. The van der Waals surface area contributed by atoms with E-state index in [-0.39, 0.29) is 16.1 Å². The molecule has 0 fully saturated rings. The fraction of sp³-hybridized carbons (Fsp3) is 0.269. The Hall–Kier alpha value is -3.12. The lowest BCUT2D eigenvalue weighted by atomic mass is 9.86. The summed E-state index contributed by atoms with van der Waals surface area (Å²) in [4.78, 5) is 13.2. The fourth-order valence-corrected chi connectivity index (χ4v) is 5.18. The van der Waals surface area contributed by atoms with Crippen molar-refractivity contribution in [3.8, 4) is 5.75 Å². The molecule has 168 valence electrons. The van der Waals surface area contributed by atoms with Crippen LogP contribution >= 0.6 is 0 Å². The summed E-state index contributed by atoms with van der Waals surface area (Å²) in [6.45, 7) is 9.81. The van der Waals surface area contributed by atoms with Crippen molar-refractivity contribution in [1.82, 2.24) is 0 Å². The fourth-order valence-electron chi connectivity index (χ4n) is 3.67. The first-order chi connectivity index (χ1) is 14.9. The highest BCUT2D eigenvalue weighted by Gasteiger charge is 2.21. The van der Waals surface area contributed by atoms with Gasteiger partial charge in [-0.05, 0) is 60.2 Å². The minimum absolute atomic E-state index is 0.00249. The Labute approximate surface area is 190 Å². The lowest BCUT2D eigenvalue weighted by Crippen LogP contribution is -2.16. The third-order valence-electron chi connectivity index (χ3n) is 5.33. The number of carbonyl (C=O) groups is 1. The molecular weight excluding hydrogens is 422 g/mol. The van der Waals surface area contributed by atoms with Crippen LogP contribution in [0.4, 0.5) is 5.69 Å². The van der Waals surface area contributed by atoms with Crippen LogP contribution in [-0.4, -0.2) is 21.3 Å². The summed E-state index contributed by atoms with van der Waals surface area (Å²) in [5.74, 6) is 0.437. The summed E-state index contributed by atoms with van der Waals surface area (Å²) in [6, 6.07) is 17.4. The molecule has 3 rings (SSSR count). The van der Waals surface area contributed by atoms with Gasteiger partial charge in [0.1, 0.15) is 5.75 Å². The van der Waals surface area contributed by atoms with Crippen molar-refractivity contribution in [2.45, 2.75) is 44.9 Å². The van der Waals surface area contributed by atoms with Gasteiger partial charge in [0, 0.05) is 16.8 Å². The quantitative estimate of drug-likeness (QED) is 0.492. The number of anilines is 1. The van der Waals surface area contributed by atoms with Gasteiger partial charge in [-0.2, -0.15) is 0 Å². The summed E-state index contributed by atoms with van der Waals surface area (Å²) in [6.07, 6.45) is 0. The van der Waals surface area contributed by atoms with Gasteiger partial charge < -0.3 is 4.74 Å². The minimum Gasteiger partial charge on any atom is -0.497 e. The molecule has 0 heterocycles. The van der Waals surface area contributed by atoms with Crippen LogP contribution in [0.1, 0.15) is 53.4 Å². The molecular formula is C26H29NO4S. The Morgan fingerprint density at radius 3 is 2.00 bits per heavy atom. The third-order valence-corrected chi connectivity index (χ3v) is 7.01. The van der Waals surface area contributed by atoms with Crippen molar-refractivity contribution in [1.29, 1.82) is 0 Å². The van der Waals surface area contributed by atoms with E-state index in [0.717, 1.165) is 5.56 Å². The molecule has 0 atom stereocenters. The second-order valence-corrected chi connectivity index (χ2v) is 10.6. The SMILES string of the molecule is COc1cc(C)c(S(=O)(=O)Nc2cccc(C(=O)c3ccc(C(C)(C)C)cc3)c2)c(C)c1.